The Hall–Kier alpha value is -1.71. The number of carbonyl (C=O) groups is 1. The van der Waals surface area contributed by atoms with Crippen molar-refractivity contribution in [2.24, 2.45) is 5.84 Å². The Balaban J connectivity index is 2.38. The summed E-state index contributed by atoms with van der Waals surface area (Å²) in [5.74, 6) is 4.96. The van der Waals surface area contributed by atoms with E-state index < -0.39 is 10.0 Å². The number of rotatable bonds is 3. The van der Waals surface area contributed by atoms with Gasteiger partial charge in [-0.15, -0.1) is 0 Å². The zero-order valence-corrected chi connectivity index (χ0v) is 11.0. The highest BCUT2D eigenvalue weighted by Gasteiger charge is 2.30. The molecule has 104 valence electrons. The molecule has 0 aliphatic carbocycles. The summed E-state index contributed by atoms with van der Waals surface area (Å²) < 4.78 is 26.0. The number of anilines is 1. The van der Waals surface area contributed by atoms with Crippen LogP contribution in [0.4, 0.5) is 5.69 Å². The minimum Gasteiger partial charge on any atom is -0.355 e. The molecule has 2 rings (SSSR count). The molecular weight excluding hydrogens is 270 g/mol. The smallest absolute Gasteiger partial charge is 0.263 e. The summed E-state index contributed by atoms with van der Waals surface area (Å²) in [6, 6.07) is 3.08. The van der Waals surface area contributed by atoms with Gasteiger partial charge in [-0.2, -0.15) is 4.31 Å². The molecule has 8 nitrogen and oxygen atoms in total. The lowest BCUT2D eigenvalue weighted by Crippen LogP contribution is -2.38. The molecule has 1 fully saturated rings. The second kappa shape index (κ2) is 5.51. The number of hydrogen-bond donors (Lipinski definition) is 3. The number of hydrogen-bond acceptors (Lipinski definition) is 6. The average Bonchev–Trinajstić information content (AvgIpc) is 2.64. The van der Waals surface area contributed by atoms with Crippen LogP contribution in [0, 0.1) is 0 Å². The van der Waals surface area contributed by atoms with Crippen LogP contribution in [0.25, 0.3) is 0 Å². The van der Waals surface area contributed by atoms with Crippen LogP contribution in [-0.4, -0.2) is 43.2 Å². The molecule has 1 saturated heterocycles. The fraction of sp³-hybridized carbons (Fsp3) is 0.400. The molecule has 0 spiro atoms. The minimum absolute atomic E-state index is 0.174. The van der Waals surface area contributed by atoms with Gasteiger partial charge in [0.25, 0.3) is 10.0 Å². The lowest BCUT2D eigenvalue weighted by atomic mass is 10.4. The van der Waals surface area contributed by atoms with E-state index in [-0.39, 0.29) is 29.7 Å². The molecule has 9 heteroatoms. The molecule has 0 bridgehead atoms. The van der Waals surface area contributed by atoms with Crippen molar-refractivity contribution in [1.82, 2.24) is 14.6 Å². The Labute approximate surface area is 111 Å². The second-order valence-electron chi connectivity index (χ2n) is 4.04. The van der Waals surface area contributed by atoms with Gasteiger partial charge in [-0.05, 0) is 18.6 Å². The normalized spacial score (nSPS) is 17.6. The third kappa shape index (κ3) is 2.83. The molecule has 1 aliphatic rings. The monoisotopic (exact) mass is 285 g/mol. The van der Waals surface area contributed by atoms with Gasteiger partial charge in [0.2, 0.25) is 5.91 Å². The van der Waals surface area contributed by atoms with E-state index >= 15 is 0 Å². The first-order valence-corrected chi connectivity index (χ1v) is 7.18. The summed E-state index contributed by atoms with van der Waals surface area (Å²) in [6.45, 7) is 0.527. The number of carbonyl (C=O) groups excluding carboxylic acids is 1. The Kier molecular flexibility index (Phi) is 3.98. The van der Waals surface area contributed by atoms with Crippen molar-refractivity contribution in [1.29, 1.82) is 0 Å². The molecule has 2 heterocycles. The summed E-state index contributed by atoms with van der Waals surface area (Å²) in [7, 11) is -3.84. The van der Waals surface area contributed by atoms with E-state index in [1.165, 1.54) is 12.3 Å². The third-order valence-electron chi connectivity index (χ3n) is 2.74. The summed E-state index contributed by atoms with van der Waals surface area (Å²) in [4.78, 5) is 15.3. The third-order valence-corrected chi connectivity index (χ3v) is 4.54. The van der Waals surface area contributed by atoms with E-state index in [1.54, 1.807) is 6.07 Å². The zero-order chi connectivity index (χ0) is 13.9. The molecule has 0 unspecified atom stereocenters. The van der Waals surface area contributed by atoms with Crippen LogP contribution >= 0.6 is 0 Å². The van der Waals surface area contributed by atoms with Crippen LogP contribution in [0.2, 0.25) is 0 Å². The van der Waals surface area contributed by atoms with Crippen LogP contribution in [0.3, 0.4) is 0 Å². The quantitative estimate of drug-likeness (QED) is 0.478. The molecule has 0 saturated carbocycles. The van der Waals surface area contributed by atoms with Gasteiger partial charge in [0, 0.05) is 19.3 Å². The number of hydrazine groups is 1. The highest BCUT2D eigenvalue weighted by Crippen LogP contribution is 2.21. The molecule has 1 amide bonds. The first kappa shape index (κ1) is 13.7. The average molecular weight is 285 g/mol. The maximum absolute atomic E-state index is 12.5. The summed E-state index contributed by atoms with van der Waals surface area (Å²) in [5.41, 5.74) is 2.50. The van der Waals surface area contributed by atoms with Gasteiger partial charge in [-0.3, -0.25) is 10.6 Å². The van der Waals surface area contributed by atoms with Gasteiger partial charge < -0.3 is 10.7 Å². The molecule has 19 heavy (non-hydrogen) atoms. The number of sulfonamides is 1. The first-order valence-electron chi connectivity index (χ1n) is 5.74. The van der Waals surface area contributed by atoms with Gasteiger partial charge in [0.1, 0.15) is 0 Å². The molecule has 1 aromatic heterocycles. The van der Waals surface area contributed by atoms with E-state index in [9.17, 15) is 13.2 Å². The summed E-state index contributed by atoms with van der Waals surface area (Å²) >= 11 is 0. The van der Waals surface area contributed by atoms with E-state index in [0.717, 1.165) is 4.31 Å². The fourth-order valence-corrected chi connectivity index (χ4v) is 3.31. The predicted octanol–water partition coefficient (Wildman–Crippen LogP) is -1.12. The summed E-state index contributed by atoms with van der Waals surface area (Å²) in [5, 5.41) is 2.45. The van der Waals surface area contributed by atoms with E-state index in [4.69, 9.17) is 5.84 Å². The van der Waals surface area contributed by atoms with Gasteiger partial charge in [-0.1, -0.05) is 0 Å². The molecule has 1 aromatic rings. The van der Waals surface area contributed by atoms with Crippen molar-refractivity contribution < 1.29 is 13.2 Å². The van der Waals surface area contributed by atoms with Crippen molar-refractivity contribution in [3.8, 4) is 0 Å². The predicted molar refractivity (Wildman–Crippen MR) is 68.4 cm³/mol. The standard InChI is InChI=1S/C10H15N5O3S/c11-14-8-3-1-4-13-10(8)19(17,18)15-6-2-5-12-9(16)7-15/h1,3-4,14H,2,5-7,11H2,(H,12,16). The number of nitrogens with zero attached hydrogens (tertiary/aromatic N) is 2. The fourth-order valence-electron chi connectivity index (χ4n) is 1.81. The molecule has 1 aliphatic heterocycles. The molecule has 0 atom stereocenters. The van der Waals surface area contributed by atoms with Crippen molar-refractivity contribution in [2.75, 3.05) is 25.1 Å². The maximum atomic E-state index is 12.5. The highest BCUT2D eigenvalue weighted by atomic mass is 32.2. The summed E-state index contributed by atoms with van der Waals surface area (Å²) in [6.07, 6.45) is 1.93. The number of aromatic nitrogens is 1. The topological polar surface area (TPSA) is 117 Å². The Bertz CT molecular complexity index is 574. The Morgan fingerprint density at radius 3 is 3.00 bits per heavy atom. The van der Waals surface area contributed by atoms with Crippen LogP contribution in [0.5, 0.6) is 0 Å². The first-order chi connectivity index (χ1) is 9.05. The maximum Gasteiger partial charge on any atom is 0.263 e. The molecule has 0 aromatic carbocycles. The van der Waals surface area contributed by atoms with E-state index in [2.05, 4.69) is 15.7 Å². The van der Waals surface area contributed by atoms with Crippen molar-refractivity contribution in [2.45, 2.75) is 11.4 Å². The van der Waals surface area contributed by atoms with Gasteiger partial charge in [0.05, 0.1) is 12.2 Å². The zero-order valence-electron chi connectivity index (χ0n) is 10.2. The lowest BCUT2D eigenvalue weighted by Gasteiger charge is -2.19. The second-order valence-corrected chi connectivity index (χ2v) is 5.90. The highest BCUT2D eigenvalue weighted by molar-refractivity contribution is 7.89. The van der Waals surface area contributed by atoms with E-state index in [1.807, 2.05) is 0 Å². The molecule has 0 radical (unpaired) electrons. The number of amides is 1. The number of pyridine rings is 1. The van der Waals surface area contributed by atoms with Gasteiger partial charge in [0.15, 0.2) is 5.03 Å². The molecule has 4 N–H and O–H groups in total. The number of nitrogens with one attached hydrogen (secondary N) is 2. The SMILES string of the molecule is NNc1cccnc1S(=O)(=O)N1CCCNC(=O)C1. The van der Waals surface area contributed by atoms with Crippen LogP contribution in [-0.2, 0) is 14.8 Å². The van der Waals surface area contributed by atoms with Crippen molar-refractivity contribution in [3.63, 3.8) is 0 Å². The van der Waals surface area contributed by atoms with Gasteiger partial charge in [-0.25, -0.2) is 13.4 Å². The van der Waals surface area contributed by atoms with Crippen LogP contribution in [0.1, 0.15) is 6.42 Å². The largest absolute Gasteiger partial charge is 0.355 e. The molecular formula is C10H15N5O3S. The van der Waals surface area contributed by atoms with Crippen LogP contribution in [0.15, 0.2) is 23.4 Å². The lowest BCUT2D eigenvalue weighted by molar-refractivity contribution is -0.120. The number of nitrogens with two attached hydrogens (primary N) is 1. The van der Waals surface area contributed by atoms with Crippen LogP contribution < -0.4 is 16.6 Å². The Morgan fingerprint density at radius 2 is 2.26 bits per heavy atom. The minimum atomic E-state index is -3.84. The van der Waals surface area contributed by atoms with Crippen molar-refractivity contribution in [3.05, 3.63) is 18.3 Å². The number of nitrogen functional groups attached to an aromatic ring is 1. The van der Waals surface area contributed by atoms with Crippen molar-refractivity contribution >= 4 is 21.6 Å². The Morgan fingerprint density at radius 1 is 1.47 bits per heavy atom. The van der Waals surface area contributed by atoms with E-state index in [0.29, 0.717) is 13.0 Å². The van der Waals surface area contributed by atoms with Gasteiger partial charge >= 0.3 is 0 Å².